The summed E-state index contributed by atoms with van der Waals surface area (Å²) in [7, 11) is 0. The zero-order chi connectivity index (χ0) is 13.8. The molecule has 0 fully saturated rings. The van der Waals surface area contributed by atoms with Gasteiger partial charge >= 0.3 is 6.09 Å². The average Bonchev–Trinajstić information content (AvgIpc) is 2.20. The molecule has 1 aromatic carbocycles. The van der Waals surface area contributed by atoms with Crippen molar-refractivity contribution in [3.63, 3.8) is 0 Å². The summed E-state index contributed by atoms with van der Waals surface area (Å²) < 4.78 is 5.14. The van der Waals surface area contributed by atoms with Gasteiger partial charge in [-0.1, -0.05) is 11.6 Å². The predicted molar refractivity (Wildman–Crippen MR) is 71.6 cm³/mol. The molecule has 18 heavy (non-hydrogen) atoms. The molecule has 0 aromatic heterocycles. The van der Waals surface area contributed by atoms with Crippen molar-refractivity contribution in [1.82, 2.24) is 0 Å². The molecular weight excluding hydrogens is 252 g/mol. The van der Waals surface area contributed by atoms with E-state index in [1.54, 1.807) is 39.0 Å². The molecule has 5 heteroatoms. The fourth-order valence-corrected chi connectivity index (χ4v) is 1.51. The number of ether oxygens (including phenoxy) is 1. The lowest BCUT2D eigenvalue weighted by molar-refractivity contribution is 0.0636. The highest BCUT2D eigenvalue weighted by Crippen LogP contribution is 2.22. The summed E-state index contributed by atoms with van der Waals surface area (Å²) >= 11 is 5.85. The maximum atomic E-state index is 11.6. The first-order valence-electron chi connectivity index (χ1n) is 5.43. The quantitative estimate of drug-likeness (QED) is 0.819. The number of hydrogen-bond acceptors (Lipinski definition) is 2. The monoisotopic (exact) mass is 266 g/mol. The van der Waals surface area contributed by atoms with Crippen molar-refractivity contribution in [2.75, 3.05) is 5.32 Å². The SMILES string of the molecule is [C-]#[N+]Cc1cc(Cl)ccc1NC(=O)OC(C)(C)C. The molecule has 0 bridgehead atoms. The van der Waals surface area contributed by atoms with Crippen LogP contribution in [-0.2, 0) is 11.3 Å². The summed E-state index contributed by atoms with van der Waals surface area (Å²) in [5, 5.41) is 3.15. The number of rotatable bonds is 2. The lowest BCUT2D eigenvalue weighted by Gasteiger charge is -2.20. The number of carbonyl (C=O) groups is 1. The topological polar surface area (TPSA) is 42.7 Å². The van der Waals surface area contributed by atoms with E-state index in [-0.39, 0.29) is 6.54 Å². The van der Waals surface area contributed by atoms with E-state index in [4.69, 9.17) is 22.9 Å². The van der Waals surface area contributed by atoms with Crippen LogP contribution in [0.15, 0.2) is 18.2 Å². The van der Waals surface area contributed by atoms with Gasteiger partial charge in [0.2, 0.25) is 6.54 Å². The van der Waals surface area contributed by atoms with Crippen molar-refractivity contribution in [1.29, 1.82) is 0 Å². The van der Waals surface area contributed by atoms with E-state index in [0.717, 1.165) is 0 Å². The largest absolute Gasteiger partial charge is 0.444 e. The number of benzene rings is 1. The number of nitrogens with zero attached hydrogens (tertiary/aromatic N) is 1. The molecule has 0 saturated carbocycles. The summed E-state index contributed by atoms with van der Waals surface area (Å²) in [6, 6.07) is 4.97. The molecule has 0 atom stereocenters. The van der Waals surface area contributed by atoms with Crippen LogP contribution < -0.4 is 5.32 Å². The molecule has 0 aliphatic heterocycles. The van der Waals surface area contributed by atoms with Crippen LogP contribution in [0.4, 0.5) is 10.5 Å². The Labute approximate surface area is 112 Å². The van der Waals surface area contributed by atoms with Crippen LogP contribution in [0.1, 0.15) is 26.3 Å². The fraction of sp³-hybridized carbons (Fsp3) is 0.385. The van der Waals surface area contributed by atoms with Gasteiger partial charge in [-0.05, 0) is 39.0 Å². The van der Waals surface area contributed by atoms with Crippen LogP contribution in [0.5, 0.6) is 0 Å². The van der Waals surface area contributed by atoms with Gasteiger partial charge in [0.1, 0.15) is 5.60 Å². The van der Waals surface area contributed by atoms with Gasteiger partial charge in [0.15, 0.2) is 0 Å². The molecule has 0 aliphatic carbocycles. The van der Waals surface area contributed by atoms with Crippen molar-refractivity contribution in [3.05, 3.63) is 40.2 Å². The van der Waals surface area contributed by atoms with Crippen molar-refractivity contribution in [3.8, 4) is 0 Å². The second-order valence-corrected chi connectivity index (χ2v) is 5.18. The minimum Gasteiger partial charge on any atom is -0.444 e. The van der Waals surface area contributed by atoms with Crippen LogP contribution in [0.25, 0.3) is 4.85 Å². The van der Waals surface area contributed by atoms with Gasteiger partial charge < -0.3 is 9.58 Å². The Kier molecular flexibility index (Phi) is 4.57. The van der Waals surface area contributed by atoms with Crippen molar-refractivity contribution < 1.29 is 9.53 Å². The van der Waals surface area contributed by atoms with Crippen molar-refractivity contribution in [2.45, 2.75) is 32.9 Å². The number of amides is 1. The molecule has 0 unspecified atom stereocenters. The van der Waals surface area contributed by atoms with Gasteiger partial charge in [0.25, 0.3) is 0 Å². The van der Waals surface area contributed by atoms with E-state index in [0.29, 0.717) is 16.3 Å². The fourth-order valence-electron chi connectivity index (χ4n) is 1.31. The van der Waals surface area contributed by atoms with Crippen LogP contribution in [0.3, 0.4) is 0 Å². The van der Waals surface area contributed by atoms with Gasteiger partial charge in [0.05, 0.1) is 11.3 Å². The van der Waals surface area contributed by atoms with Crippen molar-refractivity contribution >= 4 is 23.4 Å². The zero-order valence-electron chi connectivity index (χ0n) is 10.6. The lowest BCUT2D eigenvalue weighted by atomic mass is 10.2. The van der Waals surface area contributed by atoms with E-state index in [9.17, 15) is 4.79 Å². The minimum absolute atomic E-state index is 0.158. The maximum absolute atomic E-state index is 11.6. The highest BCUT2D eigenvalue weighted by molar-refractivity contribution is 6.30. The van der Waals surface area contributed by atoms with E-state index < -0.39 is 11.7 Å². The molecule has 96 valence electrons. The van der Waals surface area contributed by atoms with Crippen LogP contribution in [0.2, 0.25) is 5.02 Å². The second kappa shape index (κ2) is 5.74. The molecular formula is C13H15ClN2O2. The summed E-state index contributed by atoms with van der Waals surface area (Å²) in [6.07, 6.45) is -0.545. The number of hydrogen-bond donors (Lipinski definition) is 1. The Hall–Kier alpha value is -1.73. The summed E-state index contributed by atoms with van der Waals surface area (Å²) in [6.45, 7) is 12.4. The van der Waals surface area contributed by atoms with Gasteiger partial charge in [-0.25, -0.2) is 11.4 Å². The van der Waals surface area contributed by atoms with Gasteiger partial charge in [-0.3, -0.25) is 5.32 Å². The molecule has 0 radical (unpaired) electrons. The van der Waals surface area contributed by atoms with Gasteiger partial charge in [0, 0.05) is 5.02 Å². The predicted octanol–water partition coefficient (Wildman–Crippen LogP) is 4.11. The first-order valence-corrected chi connectivity index (χ1v) is 5.81. The molecule has 0 saturated heterocycles. The lowest BCUT2D eigenvalue weighted by Crippen LogP contribution is -2.27. The van der Waals surface area contributed by atoms with Gasteiger partial charge in [-0.2, -0.15) is 0 Å². The summed E-state index contributed by atoms with van der Waals surface area (Å²) in [5.74, 6) is 0. The molecule has 4 nitrogen and oxygen atoms in total. The molecule has 0 heterocycles. The third kappa shape index (κ3) is 4.64. The highest BCUT2D eigenvalue weighted by Gasteiger charge is 2.17. The Morgan fingerprint density at radius 2 is 2.17 bits per heavy atom. The third-order valence-electron chi connectivity index (χ3n) is 1.95. The number of anilines is 1. The first kappa shape index (κ1) is 14.3. The minimum atomic E-state index is -0.559. The van der Waals surface area contributed by atoms with E-state index in [1.807, 2.05) is 0 Å². The normalized spacial score (nSPS) is 10.6. The molecule has 1 rings (SSSR count). The van der Waals surface area contributed by atoms with E-state index >= 15 is 0 Å². The first-order chi connectivity index (χ1) is 8.31. The smallest absolute Gasteiger partial charge is 0.412 e. The van der Waals surface area contributed by atoms with Gasteiger partial charge in [-0.15, -0.1) is 0 Å². The molecule has 1 aromatic rings. The van der Waals surface area contributed by atoms with Crippen LogP contribution >= 0.6 is 11.6 Å². The maximum Gasteiger partial charge on any atom is 0.412 e. The molecule has 1 amide bonds. The molecule has 0 spiro atoms. The average molecular weight is 267 g/mol. The van der Waals surface area contributed by atoms with Crippen LogP contribution in [-0.4, -0.2) is 11.7 Å². The Morgan fingerprint density at radius 3 is 2.72 bits per heavy atom. The third-order valence-corrected chi connectivity index (χ3v) is 2.19. The number of nitrogens with one attached hydrogen (secondary N) is 1. The Bertz CT molecular complexity index is 487. The van der Waals surface area contributed by atoms with E-state index in [1.165, 1.54) is 0 Å². The number of halogens is 1. The van der Waals surface area contributed by atoms with E-state index in [2.05, 4.69) is 10.2 Å². The van der Waals surface area contributed by atoms with Crippen molar-refractivity contribution in [2.24, 2.45) is 0 Å². The summed E-state index contributed by atoms with van der Waals surface area (Å²) in [4.78, 5) is 14.9. The molecule has 0 aliphatic rings. The van der Waals surface area contributed by atoms with Crippen LogP contribution in [0, 0.1) is 6.57 Å². The summed E-state index contributed by atoms with van der Waals surface area (Å²) in [5.41, 5.74) is 0.657. The standard InChI is InChI=1S/C13H15ClN2O2/c1-13(2,3)18-12(17)16-11-6-5-10(14)7-9(11)8-15-4/h5-7H,8H2,1-3H3,(H,16,17). The Morgan fingerprint density at radius 1 is 1.50 bits per heavy atom. The Balaban J connectivity index is 2.84. The number of carbonyl (C=O) groups excluding carboxylic acids is 1. The molecule has 1 N–H and O–H groups in total. The zero-order valence-corrected chi connectivity index (χ0v) is 11.3. The highest BCUT2D eigenvalue weighted by atomic mass is 35.5. The second-order valence-electron chi connectivity index (χ2n) is 4.74.